The molecule has 0 unspecified atom stereocenters. The number of methoxy groups -OCH3 is 2. The summed E-state index contributed by atoms with van der Waals surface area (Å²) >= 11 is 0. The Morgan fingerprint density at radius 2 is 1.56 bits per heavy atom. The molecule has 0 fully saturated rings. The molecule has 3 aromatic rings. The molecule has 0 spiro atoms. The fraction of sp³-hybridized carbons (Fsp3) is 0.185. The number of carbonyl (C=O) groups is 2. The van der Waals surface area contributed by atoms with Gasteiger partial charge in [0.1, 0.15) is 22.9 Å². The van der Waals surface area contributed by atoms with Gasteiger partial charge in [-0.2, -0.15) is 0 Å². The Hall–Kier alpha value is -4.26. The lowest BCUT2D eigenvalue weighted by Crippen LogP contribution is -2.32. The average Bonchev–Trinajstić information content (AvgIpc) is 3.12. The Bertz CT molecular complexity index is 1240. The molecule has 0 saturated heterocycles. The van der Waals surface area contributed by atoms with Crippen molar-refractivity contribution in [1.82, 2.24) is 0 Å². The Morgan fingerprint density at radius 3 is 2.26 bits per heavy atom. The van der Waals surface area contributed by atoms with Gasteiger partial charge < -0.3 is 19.5 Å². The van der Waals surface area contributed by atoms with Crippen molar-refractivity contribution < 1.29 is 23.8 Å². The van der Waals surface area contributed by atoms with E-state index in [0.717, 1.165) is 11.3 Å². The molecule has 2 amide bonds. The van der Waals surface area contributed by atoms with Gasteiger partial charge in [-0.1, -0.05) is 49.4 Å². The highest BCUT2D eigenvalue weighted by atomic mass is 16.5. The third-order valence-corrected chi connectivity index (χ3v) is 5.38. The lowest BCUT2D eigenvalue weighted by atomic mass is 10.0. The first-order chi connectivity index (χ1) is 16.6. The van der Waals surface area contributed by atoms with Gasteiger partial charge in [-0.3, -0.25) is 9.59 Å². The van der Waals surface area contributed by atoms with Crippen LogP contribution < -0.4 is 24.4 Å². The fourth-order valence-electron chi connectivity index (χ4n) is 3.76. The zero-order valence-corrected chi connectivity index (χ0v) is 19.3. The van der Waals surface area contributed by atoms with Gasteiger partial charge >= 0.3 is 0 Å². The highest BCUT2D eigenvalue weighted by molar-refractivity contribution is 6.46. The number of hydrogen-bond donors (Lipinski definition) is 1. The van der Waals surface area contributed by atoms with Crippen LogP contribution >= 0.6 is 0 Å². The summed E-state index contributed by atoms with van der Waals surface area (Å²) in [4.78, 5) is 28.6. The van der Waals surface area contributed by atoms with Crippen LogP contribution in [-0.2, 0) is 9.59 Å². The molecule has 0 radical (unpaired) electrons. The van der Waals surface area contributed by atoms with Crippen molar-refractivity contribution in [2.45, 2.75) is 13.3 Å². The third-order valence-electron chi connectivity index (χ3n) is 5.38. The number of amides is 2. The van der Waals surface area contributed by atoms with E-state index in [-0.39, 0.29) is 11.3 Å². The van der Waals surface area contributed by atoms with E-state index in [1.54, 1.807) is 55.6 Å². The number of carbonyl (C=O) groups excluding carboxylic acids is 2. The van der Waals surface area contributed by atoms with Gasteiger partial charge in [0.2, 0.25) is 0 Å². The maximum Gasteiger partial charge on any atom is 0.282 e. The van der Waals surface area contributed by atoms with Crippen LogP contribution in [0.25, 0.3) is 5.57 Å². The van der Waals surface area contributed by atoms with Gasteiger partial charge in [-0.05, 0) is 36.2 Å². The van der Waals surface area contributed by atoms with E-state index in [9.17, 15) is 9.59 Å². The molecular weight excluding hydrogens is 432 g/mol. The summed E-state index contributed by atoms with van der Waals surface area (Å²) in [5.41, 5.74) is 1.94. The van der Waals surface area contributed by atoms with Gasteiger partial charge in [-0.25, -0.2) is 4.90 Å². The van der Waals surface area contributed by atoms with Crippen LogP contribution in [0.5, 0.6) is 17.2 Å². The highest BCUT2D eigenvalue weighted by Crippen LogP contribution is 2.39. The maximum absolute atomic E-state index is 13.7. The summed E-state index contributed by atoms with van der Waals surface area (Å²) in [5, 5.41) is 3.15. The second-order valence-electron chi connectivity index (χ2n) is 7.57. The second kappa shape index (κ2) is 10.1. The molecule has 7 nitrogen and oxygen atoms in total. The van der Waals surface area contributed by atoms with Crippen molar-refractivity contribution in [1.29, 1.82) is 0 Å². The fourth-order valence-corrected chi connectivity index (χ4v) is 3.76. The van der Waals surface area contributed by atoms with E-state index in [0.29, 0.717) is 40.8 Å². The molecule has 3 aromatic carbocycles. The molecule has 0 saturated carbocycles. The molecule has 1 aliphatic heterocycles. The Labute approximate surface area is 198 Å². The number of rotatable bonds is 9. The van der Waals surface area contributed by atoms with Crippen molar-refractivity contribution in [3.05, 3.63) is 84.1 Å². The zero-order valence-electron chi connectivity index (χ0n) is 19.3. The van der Waals surface area contributed by atoms with E-state index in [2.05, 4.69) is 5.32 Å². The number of anilines is 2. The SMILES string of the molecule is CCCOc1ccccc1N1C(=O)C(Nc2cc(OC)ccc2OC)=C(c2ccccc2)C1=O. The van der Waals surface area contributed by atoms with Crippen LogP contribution in [0, 0.1) is 0 Å². The molecule has 34 heavy (non-hydrogen) atoms. The van der Waals surface area contributed by atoms with E-state index in [1.807, 2.05) is 31.2 Å². The Balaban J connectivity index is 1.83. The van der Waals surface area contributed by atoms with Crippen molar-refractivity contribution in [3.63, 3.8) is 0 Å². The van der Waals surface area contributed by atoms with Crippen LogP contribution in [0.15, 0.2) is 78.5 Å². The van der Waals surface area contributed by atoms with Crippen molar-refractivity contribution in [2.75, 3.05) is 31.0 Å². The van der Waals surface area contributed by atoms with E-state index in [4.69, 9.17) is 14.2 Å². The molecule has 1 heterocycles. The third kappa shape index (κ3) is 4.32. The molecule has 0 atom stereocenters. The summed E-state index contributed by atoms with van der Waals surface area (Å²) < 4.78 is 16.6. The van der Waals surface area contributed by atoms with Crippen molar-refractivity contribution >= 4 is 28.8 Å². The molecule has 174 valence electrons. The predicted molar refractivity (Wildman–Crippen MR) is 131 cm³/mol. The highest BCUT2D eigenvalue weighted by Gasteiger charge is 2.41. The number of imide groups is 1. The Kier molecular flexibility index (Phi) is 6.82. The van der Waals surface area contributed by atoms with Crippen molar-refractivity contribution in [3.8, 4) is 17.2 Å². The quantitative estimate of drug-likeness (QED) is 0.460. The minimum absolute atomic E-state index is 0.146. The first-order valence-corrected chi connectivity index (χ1v) is 11.0. The van der Waals surface area contributed by atoms with E-state index < -0.39 is 11.8 Å². The molecule has 0 bridgehead atoms. The first kappa shape index (κ1) is 22.9. The molecule has 0 aliphatic carbocycles. The van der Waals surface area contributed by atoms with Crippen LogP contribution in [0.1, 0.15) is 18.9 Å². The average molecular weight is 459 g/mol. The Morgan fingerprint density at radius 1 is 0.824 bits per heavy atom. The largest absolute Gasteiger partial charge is 0.497 e. The van der Waals surface area contributed by atoms with Gasteiger partial charge in [0, 0.05) is 6.07 Å². The summed E-state index contributed by atoms with van der Waals surface area (Å²) in [7, 11) is 3.09. The molecule has 4 rings (SSSR count). The second-order valence-corrected chi connectivity index (χ2v) is 7.57. The smallest absolute Gasteiger partial charge is 0.282 e. The van der Waals surface area contributed by atoms with Crippen molar-refractivity contribution in [2.24, 2.45) is 0 Å². The summed E-state index contributed by atoms with van der Waals surface area (Å²) in [6.07, 6.45) is 0.798. The summed E-state index contributed by atoms with van der Waals surface area (Å²) in [6, 6.07) is 21.4. The molecule has 7 heteroatoms. The van der Waals surface area contributed by atoms with Crippen LogP contribution in [0.2, 0.25) is 0 Å². The lowest BCUT2D eigenvalue weighted by molar-refractivity contribution is -0.120. The molecular formula is C27H26N2O5. The van der Waals surface area contributed by atoms with E-state index >= 15 is 0 Å². The summed E-state index contributed by atoms with van der Waals surface area (Å²) in [5.74, 6) is 0.635. The van der Waals surface area contributed by atoms with Gasteiger partial charge in [0.05, 0.1) is 37.8 Å². The number of nitrogens with zero attached hydrogens (tertiary/aromatic N) is 1. The standard InChI is InChI=1S/C27H26N2O5/c1-4-16-34-23-13-9-8-12-21(23)29-26(30)24(18-10-6-5-7-11-18)25(27(29)31)28-20-17-19(32-2)14-15-22(20)33-3/h5-15,17,28H,4,16H2,1-3H3. The molecule has 0 aromatic heterocycles. The first-order valence-electron chi connectivity index (χ1n) is 11.0. The predicted octanol–water partition coefficient (Wildman–Crippen LogP) is 4.89. The number of nitrogens with one attached hydrogen (secondary N) is 1. The minimum atomic E-state index is -0.485. The number of benzene rings is 3. The number of para-hydroxylation sites is 2. The van der Waals surface area contributed by atoms with Gasteiger partial charge in [0.25, 0.3) is 11.8 Å². The van der Waals surface area contributed by atoms with Gasteiger partial charge in [-0.15, -0.1) is 0 Å². The minimum Gasteiger partial charge on any atom is -0.497 e. The van der Waals surface area contributed by atoms with Gasteiger partial charge in [0.15, 0.2) is 0 Å². The summed E-state index contributed by atoms with van der Waals surface area (Å²) in [6.45, 7) is 2.46. The number of ether oxygens (including phenoxy) is 3. The van der Waals surface area contributed by atoms with E-state index in [1.165, 1.54) is 7.11 Å². The normalized spacial score (nSPS) is 13.3. The monoisotopic (exact) mass is 458 g/mol. The molecule has 1 aliphatic rings. The lowest BCUT2D eigenvalue weighted by Gasteiger charge is -2.19. The zero-order chi connectivity index (χ0) is 24.1. The number of hydrogen-bond acceptors (Lipinski definition) is 6. The maximum atomic E-state index is 13.7. The topological polar surface area (TPSA) is 77.1 Å². The van der Waals surface area contributed by atoms with Crippen LogP contribution in [0.3, 0.4) is 0 Å². The van der Waals surface area contributed by atoms with Crippen LogP contribution in [-0.4, -0.2) is 32.6 Å². The van der Waals surface area contributed by atoms with Crippen LogP contribution in [0.4, 0.5) is 11.4 Å². The molecule has 1 N–H and O–H groups in total.